The molecule has 1 amide bonds. The number of amides is 1. The molecule has 4 aromatic rings. The normalized spacial score (nSPS) is 13.5. The van der Waals surface area contributed by atoms with Crippen LogP contribution in [-0.4, -0.2) is 53.6 Å². The lowest BCUT2D eigenvalue weighted by atomic mass is 10.1. The number of aromatic nitrogens is 3. The van der Waals surface area contributed by atoms with E-state index in [1.807, 2.05) is 24.3 Å². The minimum absolute atomic E-state index is 0.224. The van der Waals surface area contributed by atoms with Crippen molar-refractivity contribution in [1.82, 2.24) is 20.3 Å². The Kier molecular flexibility index (Phi) is 7.35. The van der Waals surface area contributed by atoms with Gasteiger partial charge in [0.25, 0.3) is 5.91 Å². The Hall–Kier alpha value is -4.33. The summed E-state index contributed by atoms with van der Waals surface area (Å²) < 4.78 is 13.5. The van der Waals surface area contributed by atoms with Gasteiger partial charge in [-0.25, -0.2) is 14.4 Å². The maximum absolute atomic E-state index is 13.5. The second-order valence-electron chi connectivity index (χ2n) is 9.03. The lowest BCUT2D eigenvalue weighted by Crippen LogP contribution is -2.47. The van der Waals surface area contributed by atoms with Crippen LogP contribution in [0.25, 0.3) is 11.4 Å². The number of pyridine rings is 1. The van der Waals surface area contributed by atoms with E-state index in [9.17, 15) is 9.18 Å². The Labute approximate surface area is 216 Å². The van der Waals surface area contributed by atoms with Crippen LogP contribution in [0.15, 0.2) is 79.1 Å². The Morgan fingerprint density at radius 3 is 2.38 bits per heavy atom. The summed E-state index contributed by atoms with van der Waals surface area (Å²) in [6.07, 6.45) is 3.95. The van der Waals surface area contributed by atoms with E-state index >= 15 is 0 Å². The molecule has 7 nitrogen and oxygen atoms in total. The second-order valence-corrected chi connectivity index (χ2v) is 9.03. The van der Waals surface area contributed by atoms with Gasteiger partial charge in [-0.15, -0.1) is 0 Å². The third kappa shape index (κ3) is 5.74. The van der Waals surface area contributed by atoms with Gasteiger partial charge in [-0.2, -0.15) is 0 Å². The number of carbonyl (C=O) groups is 1. The van der Waals surface area contributed by atoms with Gasteiger partial charge < -0.3 is 15.1 Å². The molecule has 5 rings (SSSR count). The summed E-state index contributed by atoms with van der Waals surface area (Å²) in [6.45, 7) is 5.61. The summed E-state index contributed by atoms with van der Waals surface area (Å²) in [5.41, 5.74) is 4.51. The second kappa shape index (κ2) is 11.2. The van der Waals surface area contributed by atoms with Gasteiger partial charge in [0.2, 0.25) is 0 Å². The molecule has 1 N–H and O–H groups in total. The van der Waals surface area contributed by atoms with E-state index in [2.05, 4.69) is 50.2 Å². The number of carbonyl (C=O) groups excluding carboxylic acids is 1. The highest BCUT2D eigenvalue weighted by atomic mass is 19.1. The average molecular weight is 497 g/mol. The number of nitrogens with one attached hydrogen (secondary N) is 1. The molecule has 0 radical (unpaired) electrons. The van der Waals surface area contributed by atoms with Gasteiger partial charge in [0.05, 0.1) is 0 Å². The molecule has 1 saturated heterocycles. The van der Waals surface area contributed by atoms with Gasteiger partial charge in [0.15, 0.2) is 5.82 Å². The molecule has 0 atom stereocenters. The molecular weight excluding hydrogens is 467 g/mol. The number of aryl methyl sites for hydroxylation is 1. The van der Waals surface area contributed by atoms with Gasteiger partial charge in [0.1, 0.15) is 17.2 Å². The number of benzene rings is 2. The molecule has 1 aliphatic rings. The molecule has 0 spiro atoms. The number of halogens is 1. The number of hydrogen-bond acceptors (Lipinski definition) is 6. The van der Waals surface area contributed by atoms with E-state index in [0.717, 1.165) is 18.8 Å². The van der Waals surface area contributed by atoms with Crippen molar-refractivity contribution in [2.75, 3.05) is 42.5 Å². The molecule has 0 bridgehead atoms. The molecule has 1 aliphatic heterocycles. The molecular formula is C29H29FN6O. The van der Waals surface area contributed by atoms with Crippen LogP contribution in [0.2, 0.25) is 0 Å². The maximum Gasteiger partial charge on any atom is 0.256 e. The van der Waals surface area contributed by atoms with Gasteiger partial charge >= 0.3 is 0 Å². The van der Waals surface area contributed by atoms with Gasteiger partial charge in [0, 0.05) is 68.5 Å². The van der Waals surface area contributed by atoms with Crippen LogP contribution in [0.3, 0.4) is 0 Å². The van der Waals surface area contributed by atoms with Crippen LogP contribution < -0.4 is 15.1 Å². The van der Waals surface area contributed by atoms with E-state index < -0.39 is 0 Å². The zero-order valence-corrected chi connectivity index (χ0v) is 20.8. The van der Waals surface area contributed by atoms with Crippen molar-refractivity contribution >= 4 is 17.4 Å². The predicted molar refractivity (Wildman–Crippen MR) is 143 cm³/mol. The van der Waals surface area contributed by atoms with Crippen molar-refractivity contribution in [3.63, 3.8) is 0 Å². The molecule has 3 heterocycles. The first-order valence-electron chi connectivity index (χ1n) is 12.4. The summed E-state index contributed by atoms with van der Waals surface area (Å²) in [6, 6.07) is 20.2. The largest absolute Gasteiger partial charge is 0.368 e. The van der Waals surface area contributed by atoms with Crippen LogP contribution in [-0.2, 0) is 6.42 Å². The van der Waals surface area contributed by atoms with Crippen LogP contribution >= 0.6 is 0 Å². The van der Waals surface area contributed by atoms with E-state index in [1.165, 1.54) is 23.4 Å². The van der Waals surface area contributed by atoms with Crippen LogP contribution in [0.1, 0.15) is 21.6 Å². The summed E-state index contributed by atoms with van der Waals surface area (Å²) in [5, 5.41) is 2.99. The van der Waals surface area contributed by atoms with Gasteiger partial charge in [-0.1, -0.05) is 24.3 Å². The molecule has 0 saturated carbocycles. The molecule has 1 fully saturated rings. The highest BCUT2D eigenvalue weighted by Crippen LogP contribution is 2.26. The Morgan fingerprint density at radius 2 is 1.65 bits per heavy atom. The number of hydrogen-bond donors (Lipinski definition) is 1. The molecule has 37 heavy (non-hydrogen) atoms. The lowest BCUT2D eigenvalue weighted by molar-refractivity contribution is 0.0954. The van der Waals surface area contributed by atoms with Crippen molar-refractivity contribution in [1.29, 1.82) is 0 Å². The SMILES string of the molecule is Cc1ccccc1N1CCN(c2nc(-c3ccc(F)cc3)ncc2C(=O)NCCc2ccccn2)CC1. The minimum Gasteiger partial charge on any atom is -0.368 e. The fourth-order valence-electron chi connectivity index (χ4n) is 4.53. The topological polar surface area (TPSA) is 74.2 Å². The fraction of sp³-hybridized carbons (Fsp3) is 0.241. The molecule has 0 unspecified atom stereocenters. The first-order valence-corrected chi connectivity index (χ1v) is 12.4. The van der Waals surface area contributed by atoms with E-state index in [-0.39, 0.29) is 11.7 Å². The maximum atomic E-state index is 13.5. The quantitative estimate of drug-likeness (QED) is 0.412. The predicted octanol–water partition coefficient (Wildman–Crippen LogP) is 4.29. The van der Waals surface area contributed by atoms with Gasteiger partial charge in [-0.3, -0.25) is 9.78 Å². The number of rotatable bonds is 7. The first kappa shape index (κ1) is 24.4. The highest BCUT2D eigenvalue weighted by molar-refractivity contribution is 5.99. The third-order valence-corrected chi connectivity index (χ3v) is 6.54. The zero-order valence-electron chi connectivity index (χ0n) is 20.8. The van der Waals surface area contributed by atoms with Crippen LogP contribution in [0.4, 0.5) is 15.9 Å². The van der Waals surface area contributed by atoms with Crippen molar-refractivity contribution in [2.24, 2.45) is 0 Å². The zero-order chi connectivity index (χ0) is 25.6. The molecule has 8 heteroatoms. The van der Waals surface area contributed by atoms with Crippen LogP contribution in [0, 0.1) is 12.7 Å². The third-order valence-electron chi connectivity index (χ3n) is 6.54. The van der Waals surface area contributed by atoms with Crippen molar-refractivity contribution < 1.29 is 9.18 Å². The van der Waals surface area contributed by atoms with E-state index in [1.54, 1.807) is 24.5 Å². The standard InChI is InChI=1S/C29H29FN6O/c1-21-6-2-3-8-26(21)35-16-18-36(19-17-35)28-25(29(37)32-15-13-24-7-4-5-14-31-24)20-33-27(34-28)22-9-11-23(30)12-10-22/h2-12,14,20H,13,15-19H2,1H3,(H,32,37). The highest BCUT2D eigenvalue weighted by Gasteiger charge is 2.25. The first-order chi connectivity index (χ1) is 18.1. The summed E-state index contributed by atoms with van der Waals surface area (Å²) in [4.78, 5) is 31.3. The summed E-state index contributed by atoms with van der Waals surface area (Å²) in [5.74, 6) is 0.508. The average Bonchev–Trinajstić information content (AvgIpc) is 2.94. The molecule has 2 aromatic carbocycles. The number of piperazine rings is 1. The number of nitrogens with zero attached hydrogens (tertiary/aromatic N) is 5. The smallest absolute Gasteiger partial charge is 0.256 e. The van der Waals surface area contributed by atoms with Crippen molar-refractivity contribution in [2.45, 2.75) is 13.3 Å². The summed E-state index contributed by atoms with van der Waals surface area (Å²) in [7, 11) is 0. The number of anilines is 2. The minimum atomic E-state index is -0.319. The van der Waals surface area contributed by atoms with Crippen molar-refractivity contribution in [3.8, 4) is 11.4 Å². The Bertz CT molecular complexity index is 1350. The Balaban J connectivity index is 1.37. The van der Waals surface area contributed by atoms with Crippen LogP contribution in [0.5, 0.6) is 0 Å². The molecule has 2 aromatic heterocycles. The lowest BCUT2D eigenvalue weighted by Gasteiger charge is -2.38. The monoisotopic (exact) mass is 496 g/mol. The van der Waals surface area contributed by atoms with E-state index in [0.29, 0.717) is 48.8 Å². The van der Waals surface area contributed by atoms with Gasteiger partial charge in [-0.05, 0) is 55.0 Å². The Morgan fingerprint density at radius 1 is 0.919 bits per heavy atom. The molecule has 188 valence electrons. The van der Waals surface area contributed by atoms with Crippen molar-refractivity contribution in [3.05, 3.63) is 102 Å². The molecule has 0 aliphatic carbocycles. The summed E-state index contributed by atoms with van der Waals surface area (Å²) >= 11 is 0. The van der Waals surface area contributed by atoms with E-state index in [4.69, 9.17) is 4.98 Å². The number of para-hydroxylation sites is 1. The fourth-order valence-corrected chi connectivity index (χ4v) is 4.53.